The van der Waals surface area contributed by atoms with E-state index in [1.54, 1.807) is 24.5 Å². The van der Waals surface area contributed by atoms with Gasteiger partial charge < -0.3 is 9.64 Å². The lowest BCUT2D eigenvalue weighted by atomic mass is 10.0. The van der Waals surface area contributed by atoms with Crippen molar-refractivity contribution in [1.82, 2.24) is 19.9 Å². The maximum Gasteiger partial charge on any atom is 0.256 e. The van der Waals surface area contributed by atoms with Gasteiger partial charge in [-0.1, -0.05) is 24.3 Å². The van der Waals surface area contributed by atoms with Gasteiger partial charge in [0.15, 0.2) is 0 Å². The van der Waals surface area contributed by atoms with Crippen LogP contribution in [-0.4, -0.2) is 51.6 Å². The molecule has 0 bridgehead atoms. The van der Waals surface area contributed by atoms with Gasteiger partial charge in [0.05, 0.1) is 54.5 Å². The van der Waals surface area contributed by atoms with E-state index >= 15 is 0 Å². The number of carbonyl (C=O) groups is 1. The monoisotopic (exact) mass is 373 g/mol. The molecule has 2 heterocycles. The van der Waals surface area contributed by atoms with Gasteiger partial charge in [0.1, 0.15) is 0 Å². The van der Waals surface area contributed by atoms with Crippen molar-refractivity contribution in [2.75, 3.05) is 19.8 Å². The Morgan fingerprint density at radius 2 is 2.00 bits per heavy atom. The number of hydrogen-bond acceptors (Lipinski definition) is 5. The van der Waals surface area contributed by atoms with E-state index < -0.39 is 0 Å². The third-order valence-corrected chi connectivity index (χ3v) is 4.78. The van der Waals surface area contributed by atoms with Crippen LogP contribution in [0.15, 0.2) is 60.9 Å². The molecule has 140 valence electrons. The Balaban J connectivity index is 1.62. The van der Waals surface area contributed by atoms with Crippen molar-refractivity contribution in [2.24, 2.45) is 0 Å². The molecule has 0 aliphatic carbocycles. The van der Waals surface area contributed by atoms with E-state index in [1.165, 1.54) is 4.80 Å². The molecule has 1 saturated heterocycles. The average Bonchev–Trinajstić information content (AvgIpc) is 3.29. The Labute approximate surface area is 162 Å². The number of benzene rings is 2. The van der Waals surface area contributed by atoms with Gasteiger partial charge >= 0.3 is 0 Å². The number of ether oxygens (including phenoxy) is 1. The topological polar surface area (TPSA) is 84.0 Å². The highest BCUT2D eigenvalue weighted by Gasteiger charge is 2.30. The van der Waals surface area contributed by atoms with E-state index in [2.05, 4.69) is 16.3 Å². The molecule has 2 aromatic carbocycles. The van der Waals surface area contributed by atoms with Gasteiger partial charge in [-0.25, -0.2) is 0 Å². The van der Waals surface area contributed by atoms with Crippen LogP contribution >= 0.6 is 0 Å². The summed E-state index contributed by atoms with van der Waals surface area (Å²) in [4.78, 5) is 16.7. The molecular formula is C21H19N5O2. The molecule has 1 atom stereocenters. The lowest BCUT2D eigenvalue weighted by Crippen LogP contribution is -2.50. The molecule has 28 heavy (non-hydrogen) atoms. The Morgan fingerprint density at radius 3 is 2.82 bits per heavy atom. The summed E-state index contributed by atoms with van der Waals surface area (Å²) >= 11 is 0. The number of nitrogens with zero attached hydrogens (tertiary/aromatic N) is 5. The van der Waals surface area contributed by atoms with Gasteiger partial charge in [-0.15, -0.1) is 0 Å². The van der Waals surface area contributed by atoms with Crippen molar-refractivity contribution in [3.63, 3.8) is 0 Å². The lowest BCUT2D eigenvalue weighted by molar-refractivity contribution is -0.00165. The predicted octanol–water partition coefficient (Wildman–Crippen LogP) is 2.22. The Bertz CT molecular complexity index is 1010. The first-order valence-corrected chi connectivity index (χ1v) is 9.10. The fraction of sp³-hybridized carbons (Fsp3) is 0.238. The van der Waals surface area contributed by atoms with Crippen LogP contribution in [0.2, 0.25) is 0 Å². The third kappa shape index (κ3) is 3.63. The van der Waals surface area contributed by atoms with Gasteiger partial charge in [-0.3, -0.25) is 4.79 Å². The number of para-hydroxylation sites is 1. The first kappa shape index (κ1) is 17.9. The minimum absolute atomic E-state index is 0.0716. The quantitative estimate of drug-likeness (QED) is 0.700. The zero-order valence-corrected chi connectivity index (χ0v) is 15.2. The van der Waals surface area contributed by atoms with Crippen molar-refractivity contribution in [1.29, 1.82) is 5.26 Å². The van der Waals surface area contributed by atoms with Gasteiger partial charge in [-0.05, 0) is 36.2 Å². The molecular weight excluding hydrogens is 354 g/mol. The first-order chi connectivity index (χ1) is 13.8. The lowest BCUT2D eigenvalue weighted by Gasteiger charge is -2.36. The second-order valence-corrected chi connectivity index (χ2v) is 6.58. The van der Waals surface area contributed by atoms with Crippen molar-refractivity contribution in [2.45, 2.75) is 12.5 Å². The molecule has 4 rings (SSSR count). The number of nitriles is 1. The summed E-state index contributed by atoms with van der Waals surface area (Å²) in [5, 5.41) is 17.4. The highest BCUT2D eigenvalue weighted by Crippen LogP contribution is 2.20. The second-order valence-electron chi connectivity index (χ2n) is 6.58. The predicted molar refractivity (Wildman–Crippen MR) is 102 cm³/mol. The highest BCUT2D eigenvalue weighted by molar-refractivity contribution is 5.98. The molecule has 1 aliphatic rings. The molecule has 1 aliphatic heterocycles. The van der Waals surface area contributed by atoms with E-state index in [1.807, 2.05) is 41.3 Å². The Morgan fingerprint density at radius 1 is 1.18 bits per heavy atom. The van der Waals surface area contributed by atoms with Gasteiger partial charge in [0.25, 0.3) is 5.91 Å². The van der Waals surface area contributed by atoms with Crippen LogP contribution in [0.3, 0.4) is 0 Å². The van der Waals surface area contributed by atoms with Crippen LogP contribution in [-0.2, 0) is 11.2 Å². The maximum absolute atomic E-state index is 13.4. The molecule has 0 radical (unpaired) electrons. The fourth-order valence-corrected chi connectivity index (χ4v) is 3.45. The summed E-state index contributed by atoms with van der Waals surface area (Å²) in [5.41, 5.74) is 2.82. The highest BCUT2D eigenvalue weighted by atomic mass is 16.5. The summed E-state index contributed by atoms with van der Waals surface area (Å²) in [6.07, 6.45) is 3.80. The van der Waals surface area contributed by atoms with Gasteiger partial charge in [0, 0.05) is 6.54 Å². The molecule has 0 N–H and O–H groups in total. The standard InChI is InChI=1S/C21H19N5O2/c22-14-17-5-3-4-16(12-17)13-18-15-28-11-10-25(18)21(27)19-6-1-2-7-20(19)26-23-8-9-24-26/h1-9,12,18H,10-11,13,15H2/t18-/m1/s1. The minimum atomic E-state index is -0.103. The van der Waals surface area contributed by atoms with Crippen molar-refractivity contribution < 1.29 is 9.53 Å². The Kier molecular flexibility index (Phi) is 5.13. The second kappa shape index (κ2) is 8.03. The van der Waals surface area contributed by atoms with Crippen molar-refractivity contribution >= 4 is 5.91 Å². The number of aromatic nitrogens is 3. The summed E-state index contributed by atoms with van der Waals surface area (Å²) in [6.45, 7) is 1.48. The molecule has 0 spiro atoms. The summed E-state index contributed by atoms with van der Waals surface area (Å²) in [7, 11) is 0. The van der Waals surface area contributed by atoms with Crippen molar-refractivity contribution in [3.8, 4) is 11.8 Å². The van der Waals surface area contributed by atoms with Gasteiger partial charge in [-0.2, -0.15) is 20.3 Å². The first-order valence-electron chi connectivity index (χ1n) is 9.10. The van der Waals surface area contributed by atoms with Crippen molar-refractivity contribution in [3.05, 3.63) is 77.6 Å². The number of hydrogen-bond donors (Lipinski definition) is 0. The number of rotatable bonds is 4. The van der Waals surface area contributed by atoms with E-state index in [0.717, 1.165) is 5.56 Å². The molecule has 1 amide bonds. The van der Waals surface area contributed by atoms with E-state index in [9.17, 15) is 4.79 Å². The third-order valence-electron chi connectivity index (χ3n) is 4.78. The normalized spacial score (nSPS) is 16.5. The zero-order chi connectivity index (χ0) is 19.3. The summed E-state index contributed by atoms with van der Waals surface area (Å²) < 4.78 is 5.64. The largest absolute Gasteiger partial charge is 0.377 e. The molecule has 3 aromatic rings. The minimum Gasteiger partial charge on any atom is -0.377 e. The van der Waals surface area contributed by atoms with Crippen LogP contribution < -0.4 is 0 Å². The van der Waals surface area contributed by atoms with Gasteiger partial charge in [0.2, 0.25) is 0 Å². The fourth-order valence-electron chi connectivity index (χ4n) is 3.45. The van der Waals surface area contributed by atoms with E-state index in [0.29, 0.717) is 43.0 Å². The molecule has 0 saturated carbocycles. The number of morpholine rings is 1. The summed E-state index contributed by atoms with van der Waals surface area (Å²) in [5.74, 6) is -0.0716. The summed E-state index contributed by atoms with van der Waals surface area (Å²) in [6, 6.07) is 16.9. The maximum atomic E-state index is 13.4. The van der Waals surface area contributed by atoms with E-state index in [-0.39, 0.29) is 11.9 Å². The Hall–Kier alpha value is -3.50. The van der Waals surface area contributed by atoms with E-state index in [4.69, 9.17) is 10.00 Å². The zero-order valence-electron chi connectivity index (χ0n) is 15.2. The molecule has 7 nitrogen and oxygen atoms in total. The molecule has 7 heteroatoms. The number of carbonyl (C=O) groups excluding carboxylic acids is 1. The van der Waals surface area contributed by atoms with Crippen LogP contribution in [0.25, 0.3) is 5.69 Å². The van der Waals surface area contributed by atoms with Crippen LogP contribution in [0.1, 0.15) is 21.5 Å². The molecule has 1 aromatic heterocycles. The van der Waals surface area contributed by atoms with Crippen LogP contribution in [0.4, 0.5) is 0 Å². The smallest absolute Gasteiger partial charge is 0.256 e. The number of amides is 1. The SMILES string of the molecule is N#Cc1cccc(C[C@@H]2COCCN2C(=O)c2ccccc2-n2nccn2)c1. The average molecular weight is 373 g/mol. The van der Waals surface area contributed by atoms with Crippen LogP contribution in [0.5, 0.6) is 0 Å². The molecule has 0 unspecified atom stereocenters. The van der Waals surface area contributed by atoms with Crippen LogP contribution in [0, 0.1) is 11.3 Å². The molecule has 1 fully saturated rings.